The van der Waals surface area contributed by atoms with Crippen LogP contribution in [-0.2, 0) is 6.42 Å². The maximum absolute atomic E-state index is 13.6. The van der Waals surface area contributed by atoms with Crippen LogP contribution in [0, 0.1) is 31.5 Å². The predicted octanol–water partition coefficient (Wildman–Crippen LogP) is 6.39. The van der Waals surface area contributed by atoms with Crippen molar-refractivity contribution in [2.75, 3.05) is 0 Å². The first kappa shape index (κ1) is 17.9. The molecule has 1 rings (SSSR count). The Morgan fingerprint density at radius 1 is 1.10 bits per heavy atom. The van der Waals surface area contributed by atoms with Gasteiger partial charge < -0.3 is 0 Å². The molecule has 0 aliphatic carbocycles. The summed E-state index contributed by atoms with van der Waals surface area (Å²) >= 11 is 0. The zero-order valence-electron chi connectivity index (χ0n) is 14.4. The van der Waals surface area contributed by atoms with Crippen molar-refractivity contribution in [2.45, 2.75) is 66.7 Å². The molecular weight excluding hydrogens is 259 g/mol. The molecule has 0 fully saturated rings. The van der Waals surface area contributed by atoms with Crippen molar-refractivity contribution in [3.05, 3.63) is 46.8 Å². The van der Waals surface area contributed by atoms with E-state index in [0.29, 0.717) is 11.8 Å². The zero-order valence-corrected chi connectivity index (χ0v) is 14.4. The number of rotatable bonds is 8. The molecule has 0 aliphatic heterocycles. The van der Waals surface area contributed by atoms with Crippen molar-refractivity contribution >= 4 is 0 Å². The van der Waals surface area contributed by atoms with Gasteiger partial charge >= 0.3 is 0 Å². The lowest BCUT2D eigenvalue weighted by atomic mass is 9.77. The molecule has 21 heavy (non-hydrogen) atoms. The average Bonchev–Trinajstić information content (AvgIpc) is 2.41. The number of allylic oxidation sites excluding steroid dienone is 1. The van der Waals surface area contributed by atoms with Crippen molar-refractivity contribution in [3.63, 3.8) is 0 Å². The largest absolute Gasteiger partial charge is 0.207 e. The van der Waals surface area contributed by atoms with Crippen LogP contribution in [0.3, 0.4) is 0 Å². The number of hydrogen-bond acceptors (Lipinski definition) is 0. The van der Waals surface area contributed by atoms with Gasteiger partial charge in [0.15, 0.2) is 0 Å². The fraction of sp³-hybridized carbons (Fsp3) is 0.600. The Morgan fingerprint density at radius 2 is 1.67 bits per heavy atom. The molecule has 1 unspecified atom stereocenters. The Balaban J connectivity index is 3.02. The Kier molecular flexibility index (Phi) is 7.14. The van der Waals surface area contributed by atoms with E-state index < -0.39 is 0 Å². The molecule has 0 aliphatic rings. The first-order valence-corrected chi connectivity index (χ1v) is 8.31. The van der Waals surface area contributed by atoms with E-state index in [9.17, 15) is 4.39 Å². The minimum absolute atomic E-state index is 0.0956. The van der Waals surface area contributed by atoms with Gasteiger partial charge in [-0.1, -0.05) is 57.7 Å². The third-order valence-corrected chi connectivity index (χ3v) is 4.58. The van der Waals surface area contributed by atoms with E-state index in [1.165, 1.54) is 36.8 Å². The molecule has 0 heterocycles. The molecule has 0 amide bonds. The summed E-state index contributed by atoms with van der Waals surface area (Å²) in [5, 5.41) is 0. The molecule has 0 bridgehead atoms. The highest BCUT2D eigenvalue weighted by Gasteiger charge is 2.22. The third kappa shape index (κ3) is 4.98. The van der Waals surface area contributed by atoms with Crippen molar-refractivity contribution < 1.29 is 4.39 Å². The lowest BCUT2D eigenvalue weighted by Crippen LogP contribution is -2.19. The van der Waals surface area contributed by atoms with Crippen LogP contribution in [0.15, 0.2) is 24.3 Å². The third-order valence-electron chi connectivity index (χ3n) is 4.58. The topological polar surface area (TPSA) is 0 Å². The summed E-state index contributed by atoms with van der Waals surface area (Å²) < 4.78 is 13.6. The van der Waals surface area contributed by atoms with Crippen LogP contribution in [0.5, 0.6) is 0 Å². The smallest absolute Gasteiger partial charge is 0.126 e. The Hall–Kier alpha value is -1.11. The van der Waals surface area contributed by atoms with Gasteiger partial charge in [0.1, 0.15) is 5.82 Å². The summed E-state index contributed by atoms with van der Waals surface area (Å²) in [5.74, 6) is 1.11. The zero-order chi connectivity index (χ0) is 16.0. The molecular formula is C20H31F. The molecule has 0 N–H and O–H groups in total. The fourth-order valence-electron chi connectivity index (χ4n) is 3.33. The van der Waals surface area contributed by atoms with Gasteiger partial charge in [-0.05, 0) is 61.8 Å². The predicted molar refractivity (Wildman–Crippen MR) is 91.2 cm³/mol. The molecule has 1 heteroatoms. The molecule has 1 atom stereocenters. The Labute approximate surface area is 130 Å². The van der Waals surface area contributed by atoms with Crippen LogP contribution < -0.4 is 0 Å². The van der Waals surface area contributed by atoms with E-state index in [1.54, 1.807) is 6.07 Å². The lowest BCUT2D eigenvalue weighted by molar-refractivity contribution is 0.324. The summed E-state index contributed by atoms with van der Waals surface area (Å²) in [5.41, 5.74) is 4.36. The van der Waals surface area contributed by atoms with E-state index in [4.69, 9.17) is 0 Å². The highest BCUT2D eigenvalue weighted by molar-refractivity contribution is 5.32. The Morgan fingerprint density at radius 3 is 2.14 bits per heavy atom. The highest BCUT2D eigenvalue weighted by Crippen LogP contribution is 2.32. The highest BCUT2D eigenvalue weighted by atomic mass is 19.1. The van der Waals surface area contributed by atoms with Gasteiger partial charge in [-0.3, -0.25) is 0 Å². The normalized spacial score (nSPS) is 12.7. The second kappa shape index (κ2) is 8.36. The van der Waals surface area contributed by atoms with Gasteiger partial charge in [0.05, 0.1) is 0 Å². The van der Waals surface area contributed by atoms with Crippen molar-refractivity contribution in [2.24, 2.45) is 11.8 Å². The van der Waals surface area contributed by atoms with E-state index in [-0.39, 0.29) is 5.82 Å². The van der Waals surface area contributed by atoms with Crippen LogP contribution in [0.25, 0.3) is 0 Å². The second-order valence-electron chi connectivity index (χ2n) is 6.52. The number of aryl methyl sites for hydroxylation is 2. The molecule has 0 saturated heterocycles. The van der Waals surface area contributed by atoms with Crippen LogP contribution in [0.2, 0.25) is 0 Å². The monoisotopic (exact) mass is 290 g/mol. The fourth-order valence-corrected chi connectivity index (χ4v) is 3.33. The molecule has 0 radical (unpaired) electrons. The molecule has 0 nitrogen and oxygen atoms in total. The maximum Gasteiger partial charge on any atom is 0.126 e. The lowest BCUT2D eigenvalue weighted by Gasteiger charge is -2.28. The van der Waals surface area contributed by atoms with Crippen LogP contribution in [0.4, 0.5) is 4.39 Å². The molecule has 0 aromatic heterocycles. The van der Waals surface area contributed by atoms with Crippen molar-refractivity contribution in [1.29, 1.82) is 0 Å². The Bertz CT molecular complexity index is 467. The standard InChI is InChI=1S/C20H31F/c1-7-9-17(10-8-2)19(14(3)4)13-18-11-16(6)20(21)12-15(18)5/h11-12,17,19H,3,7-10,13H2,1-2,4-6H3. The van der Waals surface area contributed by atoms with Crippen LogP contribution in [0.1, 0.15) is 63.1 Å². The van der Waals surface area contributed by atoms with Gasteiger partial charge in [-0.25, -0.2) is 4.39 Å². The molecule has 0 spiro atoms. The molecule has 0 saturated carbocycles. The van der Waals surface area contributed by atoms with Gasteiger partial charge in [-0.2, -0.15) is 0 Å². The van der Waals surface area contributed by atoms with E-state index in [0.717, 1.165) is 17.5 Å². The van der Waals surface area contributed by atoms with Gasteiger partial charge in [0, 0.05) is 0 Å². The van der Waals surface area contributed by atoms with Crippen molar-refractivity contribution in [3.8, 4) is 0 Å². The first-order valence-electron chi connectivity index (χ1n) is 8.31. The van der Waals surface area contributed by atoms with Gasteiger partial charge in [0.2, 0.25) is 0 Å². The van der Waals surface area contributed by atoms with Gasteiger partial charge in [-0.15, -0.1) is 0 Å². The minimum Gasteiger partial charge on any atom is -0.207 e. The number of halogens is 1. The molecule has 1 aromatic carbocycles. The van der Waals surface area contributed by atoms with E-state index in [2.05, 4.69) is 27.4 Å². The van der Waals surface area contributed by atoms with Crippen LogP contribution in [-0.4, -0.2) is 0 Å². The second-order valence-corrected chi connectivity index (χ2v) is 6.52. The average molecular weight is 290 g/mol. The van der Waals surface area contributed by atoms with E-state index >= 15 is 0 Å². The van der Waals surface area contributed by atoms with E-state index in [1.807, 2.05) is 19.9 Å². The van der Waals surface area contributed by atoms with Crippen molar-refractivity contribution in [1.82, 2.24) is 0 Å². The summed E-state index contributed by atoms with van der Waals surface area (Å²) in [7, 11) is 0. The maximum atomic E-state index is 13.6. The molecule has 118 valence electrons. The quantitative estimate of drug-likeness (QED) is 0.486. The minimum atomic E-state index is -0.0956. The number of hydrogen-bond donors (Lipinski definition) is 0. The molecule has 1 aromatic rings. The summed E-state index contributed by atoms with van der Waals surface area (Å²) in [6, 6.07) is 3.70. The SMILES string of the molecule is C=C(C)C(Cc1cc(C)c(F)cc1C)C(CCC)CCC. The first-order chi connectivity index (χ1) is 9.90. The summed E-state index contributed by atoms with van der Waals surface area (Å²) in [6.45, 7) is 14.8. The summed E-state index contributed by atoms with van der Waals surface area (Å²) in [6.07, 6.45) is 5.94. The van der Waals surface area contributed by atoms with Crippen LogP contribution >= 0.6 is 0 Å². The summed E-state index contributed by atoms with van der Waals surface area (Å²) in [4.78, 5) is 0. The van der Waals surface area contributed by atoms with Gasteiger partial charge in [0.25, 0.3) is 0 Å². The number of benzene rings is 1.